The maximum absolute atomic E-state index is 13.4. The highest BCUT2D eigenvalue weighted by molar-refractivity contribution is 7.92. The Morgan fingerprint density at radius 2 is 1.64 bits per heavy atom. The van der Waals surface area contributed by atoms with Gasteiger partial charge in [-0.15, -0.1) is 0 Å². The molecular weight excluding hydrogens is 498 g/mol. The van der Waals surface area contributed by atoms with Crippen LogP contribution >= 0.6 is 11.6 Å². The van der Waals surface area contributed by atoms with Gasteiger partial charge in [-0.25, -0.2) is 8.42 Å². The summed E-state index contributed by atoms with van der Waals surface area (Å²) in [5.74, 6) is -0.344. The van der Waals surface area contributed by atoms with E-state index in [1.54, 1.807) is 29.2 Å². The number of rotatable bonds is 14. The summed E-state index contributed by atoms with van der Waals surface area (Å²) in [6.07, 6.45) is 3.89. The lowest BCUT2D eigenvalue weighted by Gasteiger charge is -2.31. The number of unbranched alkanes of at least 4 members (excludes halogenated alkanes) is 1. The average Bonchev–Trinajstić information content (AvgIpc) is 2.83. The largest absolute Gasteiger partial charge is 0.354 e. The minimum Gasteiger partial charge on any atom is -0.354 e. The second kappa shape index (κ2) is 14.2. The van der Waals surface area contributed by atoms with Gasteiger partial charge in [0.05, 0.1) is 11.9 Å². The fourth-order valence-corrected chi connectivity index (χ4v) is 5.02. The van der Waals surface area contributed by atoms with Crippen LogP contribution in [0.2, 0.25) is 5.02 Å². The number of anilines is 1. The van der Waals surface area contributed by atoms with E-state index in [0.29, 0.717) is 36.6 Å². The second-order valence-electron chi connectivity index (χ2n) is 8.99. The minimum absolute atomic E-state index is 0.115. The highest BCUT2D eigenvalue weighted by Gasteiger charge is 2.28. The number of hydrogen-bond donors (Lipinski definition) is 1. The number of sulfonamides is 1. The summed E-state index contributed by atoms with van der Waals surface area (Å²) in [4.78, 5) is 28.0. The Morgan fingerprint density at radius 3 is 2.19 bits per heavy atom. The molecule has 2 aromatic carbocycles. The van der Waals surface area contributed by atoms with Crippen molar-refractivity contribution in [3.63, 3.8) is 0 Å². The number of carbonyl (C=O) groups excluding carboxylic acids is 2. The van der Waals surface area contributed by atoms with Crippen LogP contribution in [0.4, 0.5) is 5.69 Å². The molecule has 0 bridgehead atoms. The van der Waals surface area contributed by atoms with E-state index in [-0.39, 0.29) is 24.8 Å². The van der Waals surface area contributed by atoms with Crippen LogP contribution in [-0.4, -0.2) is 50.5 Å². The molecule has 0 unspecified atom stereocenters. The van der Waals surface area contributed by atoms with E-state index in [0.717, 1.165) is 30.2 Å². The molecule has 0 aliphatic heterocycles. The van der Waals surface area contributed by atoms with Gasteiger partial charge >= 0.3 is 0 Å². The predicted molar refractivity (Wildman–Crippen MR) is 147 cm³/mol. The number of nitrogens with zero attached hydrogens (tertiary/aromatic N) is 2. The predicted octanol–water partition coefficient (Wildman–Crippen LogP) is 4.92. The smallest absolute Gasteiger partial charge is 0.242 e. The first kappa shape index (κ1) is 29.6. The first-order valence-electron chi connectivity index (χ1n) is 12.4. The van der Waals surface area contributed by atoms with Gasteiger partial charge in [-0.2, -0.15) is 0 Å². The highest BCUT2D eigenvalue weighted by atomic mass is 35.5. The Balaban J connectivity index is 2.18. The highest BCUT2D eigenvalue weighted by Crippen LogP contribution is 2.22. The van der Waals surface area contributed by atoms with Gasteiger partial charge in [-0.3, -0.25) is 13.9 Å². The molecule has 0 spiro atoms. The van der Waals surface area contributed by atoms with Crippen molar-refractivity contribution in [2.45, 2.75) is 65.5 Å². The number of halogens is 1. The van der Waals surface area contributed by atoms with Crippen molar-refractivity contribution >= 4 is 39.1 Å². The summed E-state index contributed by atoms with van der Waals surface area (Å²) in [7, 11) is -3.55. The Morgan fingerprint density at radius 1 is 1.00 bits per heavy atom. The van der Waals surface area contributed by atoms with E-state index in [2.05, 4.69) is 12.2 Å². The van der Waals surface area contributed by atoms with Crippen LogP contribution in [0, 0.1) is 6.92 Å². The lowest BCUT2D eigenvalue weighted by atomic mass is 10.1. The topological polar surface area (TPSA) is 86.8 Å². The SMILES string of the molecule is CCCCNC(=O)[C@H](CC)N(Cc1ccc(C)cc1)C(=O)CCCN(c1ccc(Cl)cc1)S(C)(=O)=O. The van der Waals surface area contributed by atoms with Gasteiger partial charge in [0.25, 0.3) is 0 Å². The molecule has 0 fully saturated rings. The zero-order chi connectivity index (χ0) is 26.7. The van der Waals surface area contributed by atoms with Gasteiger partial charge in [-0.05, 0) is 56.0 Å². The molecule has 36 heavy (non-hydrogen) atoms. The summed E-state index contributed by atoms with van der Waals surface area (Å²) >= 11 is 5.94. The molecule has 9 heteroatoms. The Labute approximate surface area is 220 Å². The molecule has 0 aromatic heterocycles. The molecule has 7 nitrogen and oxygen atoms in total. The Kier molecular flexibility index (Phi) is 11.7. The normalized spacial score (nSPS) is 12.1. The van der Waals surface area contributed by atoms with Gasteiger partial charge in [0.15, 0.2) is 0 Å². The van der Waals surface area contributed by atoms with Crippen molar-refractivity contribution < 1.29 is 18.0 Å². The molecule has 1 N–H and O–H groups in total. The van der Waals surface area contributed by atoms with Gasteiger partial charge in [0.1, 0.15) is 6.04 Å². The average molecular weight is 536 g/mol. The van der Waals surface area contributed by atoms with Crippen LogP contribution in [0.1, 0.15) is 57.1 Å². The molecule has 0 aliphatic carbocycles. The number of carbonyl (C=O) groups is 2. The van der Waals surface area contributed by atoms with Crippen LogP contribution in [-0.2, 0) is 26.2 Å². The first-order chi connectivity index (χ1) is 17.1. The fourth-order valence-electron chi connectivity index (χ4n) is 3.93. The number of aryl methyl sites for hydroxylation is 1. The molecule has 2 rings (SSSR count). The molecule has 0 saturated carbocycles. The standard InChI is InChI=1S/C27H38ClN3O4S/c1-5-7-18-29-27(33)25(6-2)30(20-22-12-10-21(3)11-13-22)26(32)9-8-19-31(36(4,34)35)24-16-14-23(28)15-17-24/h10-17,25H,5-9,18-20H2,1-4H3,(H,29,33)/t25-/m0/s1. The van der Waals surface area contributed by atoms with Crippen LogP contribution in [0.5, 0.6) is 0 Å². The molecule has 2 aromatic rings. The van der Waals surface area contributed by atoms with Crippen molar-refractivity contribution in [2.24, 2.45) is 0 Å². The van der Waals surface area contributed by atoms with Crippen LogP contribution < -0.4 is 9.62 Å². The van der Waals surface area contributed by atoms with Crippen LogP contribution in [0.3, 0.4) is 0 Å². The fraction of sp³-hybridized carbons (Fsp3) is 0.481. The van der Waals surface area contributed by atoms with Crippen molar-refractivity contribution in [3.8, 4) is 0 Å². The van der Waals surface area contributed by atoms with E-state index in [9.17, 15) is 18.0 Å². The van der Waals surface area contributed by atoms with Gasteiger partial charge in [0.2, 0.25) is 21.8 Å². The van der Waals surface area contributed by atoms with Crippen molar-refractivity contribution in [1.29, 1.82) is 0 Å². The third-order valence-electron chi connectivity index (χ3n) is 5.96. The van der Waals surface area contributed by atoms with Gasteiger partial charge in [-0.1, -0.05) is 61.7 Å². The lowest BCUT2D eigenvalue weighted by molar-refractivity contribution is -0.141. The van der Waals surface area contributed by atoms with E-state index in [1.807, 2.05) is 38.1 Å². The van der Waals surface area contributed by atoms with E-state index in [1.165, 1.54) is 4.31 Å². The van der Waals surface area contributed by atoms with E-state index >= 15 is 0 Å². The molecule has 0 aliphatic rings. The van der Waals surface area contributed by atoms with Crippen molar-refractivity contribution in [1.82, 2.24) is 10.2 Å². The maximum atomic E-state index is 13.4. The summed E-state index contributed by atoms with van der Waals surface area (Å²) in [5, 5.41) is 3.47. The molecule has 0 radical (unpaired) electrons. The molecule has 1 atom stereocenters. The quantitative estimate of drug-likeness (QED) is 0.348. The molecule has 0 heterocycles. The van der Waals surface area contributed by atoms with Gasteiger partial charge in [0, 0.05) is 31.1 Å². The summed E-state index contributed by atoms with van der Waals surface area (Å²) in [6, 6.07) is 13.8. The van der Waals surface area contributed by atoms with Crippen molar-refractivity contribution in [3.05, 3.63) is 64.7 Å². The number of hydrogen-bond acceptors (Lipinski definition) is 4. The molecule has 2 amide bonds. The Hall–Kier alpha value is -2.58. The number of nitrogens with one attached hydrogen (secondary N) is 1. The van der Waals surface area contributed by atoms with E-state index in [4.69, 9.17) is 11.6 Å². The summed E-state index contributed by atoms with van der Waals surface area (Å²) in [6.45, 7) is 6.97. The number of amides is 2. The lowest BCUT2D eigenvalue weighted by Crippen LogP contribution is -2.49. The van der Waals surface area contributed by atoms with E-state index < -0.39 is 16.1 Å². The Bertz CT molecular complexity index is 1090. The van der Waals surface area contributed by atoms with Crippen LogP contribution in [0.15, 0.2) is 48.5 Å². The van der Waals surface area contributed by atoms with Crippen molar-refractivity contribution in [2.75, 3.05) is 23.7 Å². The molecule has 0 saturated heterocycles. The number of benzene rings is 2. The maximum Gasteiger partial charge on any atom is 0.242 e. The molecule has 198 valence electrons. The summed E-state index contributed by atoms with van der Waals surface area (Å²) < 4.78 is 26.1. The monoisotopic (exact) mass is 535 g/mol. The van der Waals surface area contributed by atoms with Crippen LogP contribution in [0.25, 0.3) is 0 Å². The first-order valence-corrected chi connectivity index (χ1v) is 14.7. The minimum atomic E-state index is -3.55. The summed E-state index contributed by atoms with van der Waals surface area (Å²) in [5.41, 5.74) is 2.55. The van der Waals surface area contributed by atoms with Gasteiger partial charge < -0.3 is 10.2 Å². The zero-order valence-corrected chi connectivity index (χ0v) is 23.2. The zero-order valence-electron chi connectivity index (χ0n) is 21.7. The third-order valence-corrected chi connectivity index (χ3v) is 7.40. The second-order valence-corrected chi connectivity index (χ2v) is 11.3. The molecular formula is C27H38ClN3O4S. The third kappa shape index (κ3) is 9.13.